The van der Waals surface area contributed by atoms with Gasteiger partial charge in [0.25, 0.3) is 0 Å². The van der Waals surface area contributed by atoms with Gasteiger partial charge < -0.3 is 30.7 Å². The summed E-state index contributed by atoms with van der Waals surface area (Å²) in [6, 6.07) is 23.7. The average Bonchev–Trinajstić information content (AvgIpc) is 2.85. The fraction of sp³-hybridized carbons (Fsp3) is 0.231. The maximum Gasteiger partial charge on any atom is 0.171 e. The summed E-state index contributed by atoms with van der Waals surface area (Å²) in [4.78, 5) is 0. The summed E-state index contributed by atoms with van der Waals surface area (Å²) in [5.74, 6) is 1.68. The Labute approximate surface area is 212 Å². The first-order valence-corrected chi connectivity index (χ1v) is 12.0. The van der Waals surface area contributed by atoms with Gasteiger partial charge in [0, 0.05) is 24.5 Å². The maximum atomic E-state index is 5.46. The van der Waals surface area contributed by atoms with E-state index in [4.69, 9.17) is 33.9 Å². The molecule has 34 heavy (non-hydrogen) atoms. The minimum Gasteiger partial charge on any atom is -0.494 e. The molecule has 6 nitrogen and oxygen atoms in total. The zero-order chi connectivity index (χ0) is 24.2. The van der Waals surface area contributed by atoms with Crippen molar-refractivity contribution in [3.8, 4) is 11.5 Å². The van der Waals surface area contributed by atoms with E-state index in [1.54, 1.807) is 0 Å². The normalized spacial score (nSPS) is 10.2. The summed E-state index contributed by atoms with van der Waals surface area (Å²) in [5.41, 5.74) is 4.07. The molecule has 0 heterocycles. The van der Waals surface area contributed by atoms with Crippen LogP contribution in [0.1, 0.15) is 25.0 Å². The molecule has 0 atom stereocenters. The molecule has 0 aliphatic carbocycles. The van der Waals surface area contributed by atoms with Gasteiger partial charge in [-0.15, -0.1) is 0 Å². The number of hydrogen-bond acceptors (Lipinski definition) is 4. The van der Waals surface area contributed by atoms with Crippen LogP contribution in [0.5, 0.6) is 11.5 Å². The van der Waals surface area contributed by atoms with Crippen LogP contribution in [-0.2, 0) is 13.1 Å². The molecule has 0 spiro atoms. The molecule has 3 rings (SSSR count). The van der Waals surface area contributed by atoms with Crippen molar-refractivity contribution in [2.24, 2.45) is 0 Å². The molecule has 4 N–H and O–H groups in total. The molecule has 0 amide bonds. The molecule has 0 aliphatic rings. The lowest BCUT2D eigenvalue weighted by Crippen LogP contribution is -2.28. The number of rotatable bonds is 10. The fourth-order valence-electron chi connectivity index (χ4n) is 3.17. The van der Waals surface area contributed by atoms with E-state index in [2.05, 4.69) is 39.5 Å². The Bertz CT molecular complexity index is 990. The molecular weight excluding hydrogens is 464 g/mol. The van der Waals surface area contributed by atoms with Crippen molar-refractivity contribution >= 4 is 46.0 Å². The fourth-order valence-corrected chi connectivity index (χ4v) is 3.55. The monoisotopic (exact) mass is 494 g/mol. The van der Waals surface area contributed by atoms with E-state index >= 15 is 0 Å². The lowest BCUT2D eigenvalue weighted by Gasteiger charge is -2.13. The van der Waals surface area contributed by atoms with E-state index < -0.39 is 0 Å². The highest BCUT2D eigenvalue weighted by molar-refractivity contribution is 7.80. The van der Waals surface area contributed by atoms with E-state index in [9.17, 15) is 0 Å². The highest BCUT2D eigenvalue weighted by atomic mass is 32.1. The lowest BCUT2D eigenvalue weighted by atomic mass is 10.1. The number of nitrogens with one attached hydrogen (secondary N) is 4. The summed E-state index contributed by atoms with van der Waals surface area (Å²) >= 11 is 10.8. The summed E-state index contributed by atoms with van der Waals surface area (Å²) in [6.45, 7) is 6.45. The van der Waals surface area contributed by atoms with Gasteiger partial charge >= 0.3 is 0 Å². The average molecular weight is 495 g/mol. The molecule has 0 saturated carbocycles. The highest BCUT2D eigenvalue weighted by Crippen LogP contribution is 2.16. The van der Waals surface area contributed by atoms with Crippen LogP contribution in [-0.4, -0.2) is 23.4 Å². The quantitative estimate of drug-likeness (QED) is 0.277. The van der Waals surface area contributed by atoms with Gasteiger partial charge in [0.05, 0.1) is 13.2 Å². The third-order valence-corrected chi connectivity index (χ3v) is 5.24. The topological polar surface area (TPSA) is 66.6 Å². The van der Waals surface area contributed by atoms with E-state index in [-0.39, 0.29) is 0 Å². The number of hydrogen-bond donors (Lipinski definition) is 4. The summed E-state index contributed by atoms with van der Waals surface area (Å²) in [5, 5.41) is 14.0. The molecule has 0 unspecified atom stereocenters. The van der Waals surface area contributed by atoms with Crippen molar-refractivity contribution in [2.45, 2.75) is 26.9 Å². The Kier molecular flexibility index (Phi) is 9.94. The predicted molar refractivity (Wildman–Crippen MR) is 148 cm³/mol. The lowest BCUT2D eigenvalue weighted by molar-refractivity contribution is 0.340. The van der Waals surface area contributed by atoms with Crippen LogP contribution < -0.4 is 30.7 Å². The highest BCUT2D eigenvalue weighted by Gasteiger charge is 2.03. The molecule has 0 radical (unpaired) electrons. The van der Waals surface area contributed by atoms with Crippen molar-refractivity contribution in [2.75, 3.05) is 23.8 Å². The Hall–Kier alpha value is -3.36. The van der Waals surface area contributed by atoms with Crippen LogP contribution in [0.15, 0.2) is 72.8 Å². The van der Waals surface area contributed by atoms with Crippen LogP contribution in [0.25, 0.3) is 0 Å². The molecule has 0 aliphatic heterocycles. The minimum atomic E-state index is 0.563. The third-order valence-electron chi connectivity index (χ3n) is 4.74. The number of ether oxygens (including phenoxy) is 2. The Morgan fingerprint density at radius 1 is 0.647 bits per heavy atom. The number of benzene rings is 3. The van der Waals surface area contributed by atoms with Gasteiger partial charge in [-0.2, -0.15) is 0 Å². The van der Waals surface area contributed by atoms with E-state index in [0.29, 0.717) is 36.5 Å². The van der Waals surface area contributed by atoms with Crippen LogP contribution in [0.4, 0.5) is 11.4 Å². The predicted octanol–water partition coefficient (Wildman–Crippen LogP) is 5.46. The molecule has 3 aromatic carbocycles. The van der Waals surface area contributed by atoms with Crippen LogP contribution in [0.2, 0.25) is 0 Å². The van der Waals surface area contributed by atoms with Gasteiger partial charge in [-0.1, -0.05) is 24.3 Å². The third kappa shape index (κ3) is 8.53. The number of anilines is 2. The van der Waals surface area contributed by atoms with Crippen molar-refractivity contribution in [1.29, 1.82) is 0 Å². The van der Waals surface area contributed by atoms with E-state index in [0.717, 1.165) is 34.0 Å². The minimum absolute atomic E-state index is 0.563. The summed E-state index contributed by atoms with van der Waals surface area (Å²) < 4.78 is 10.9. The van der Waals surface area contributed by atoms with Crippen LogP contribution in [0.3, 0.4) is 0 Å². The standard InChI is InChI=1S/C26H30N4O2S2/c1-3-31-23-12-8-21(9-13-23)29-25(33)27-17-19-6-5-7-20(16-19)18-28-26(34)30-22-10-14-24(15-11-22)32-4-2/h5-16H,3-4,17-18H2,1-2H3,(H2,27,29,33)(H2,28,30,34). The zero-order valence-corrected chi connectivity index (χ0v) is 21.0. The van der Waals surface area contributed by atoms with Gasteiger partial charge in [-0.25, -0.2) is 0 Å². The van der Waals surface area contributed by atoms with Gasteiger partial charge in [0.15, 0.2) is 10.2 Å². The largest absolute Gasteiger partial charge is 0.494 e. The first kappa shape index (κ1) is 25.3. The molecule has 0 saturated heterocycles. The maximum absolute atomic E-state index is 5.46. The molecular formula is C26H30N4O2S2. The van der Waals surface area contributed by atoms with Gasteiger partial charge in [0.2, 0.25) is 0 Å². The van der Waals surface area contributed by atoms with Crippen molar-refractivity contribution < 1.29 is 9.47 Å². The zero-order valence-electron chi connectivity index (χ0n) is 19.4. The van der Waals surface area contributed by atoms with E-state index in [1.807, 2.05) is 68.4 Å². The Balaban J connectivity index is 1.43. The molecule has 3 aromatic rings. The Morgan fingerprint density at radius 3 is 1.44 bits per heavy atom. The SMILES string of the molecule is CCOc1ccc(NC(=S)NCc2cccc(CNC(=S)Nc3ccc(OCC)cc3)c2)cc1. The second-order valence-corrected chi connectivity index (χ2v) is 8.17. The first-order valence-electron chi connectivity index (χ1n) is 11.2. The molecule has 0 aromatic heterocycles. The van der Waals surface area contributed by atoms with Crippen molar-refractivity contribution in [1.82, 2.24) is 10.6 Å². The van der Waals surface area contributed by atoms with Crippen LogP contribution in [0, 0.1) is 0 Å². The number of thiocarbonyl (C=S) groups is 2. The second kappa shape index (κ2) is 13.4. The Morgan fingerprint density at radius 2 is 1.06 bits per heavy atom. The summed E-state index contributed by atoms with van der Waals surface area (Å²) in [6.07, 6.45) is 0. The van der Waals surface area contributed by atoms with Gasteiger partial charge in [-0.05, 0) is 97.9 Å². The van der Waals surface area contributed by atoms with Crippen LogP contribution >= 0.6 is 24.4 Å². The smallest absolute Gasteiger partial charge is 0.171 e. The van der Waals surface area contributed by atoms with E-state index in [1.165, 1.54) is 0 Å². The second-order valence-electron chi connectivity index (χ2n) is 7.35. The van der Waals surface area contributed by atoms with Gasteiger partial charge in [-0.3, -0.25) is 0 Å². The molecule has 178 valence electrons. The molecule has 8 heteroatoms. The summed E-state index contributed by atoms with van der Waals surface area (Å²) in [7, 11) is 0. The van der Waals surface area contributed by atoms with Crippen molar-refractivity contribution in [3.05, 3.63) is 83.9 Å². The van der Waals surface area contributed by atoms with Crippen molar-refractivity contribution in [3.63, 3.8) is 0 Å². The van der Waals surface area contributed by atoms with Gasteiger partial charge in [0.1, 0.15) is 11.5 Å². The first-order chi connectivity index (χ1) is 16.6. The molecule has 0 bridgehead atoms. The molecule has 0 fully saturated rings.